The van der Waals surface area contributed by atoms with Crippen molar-refractivity contribution in [1.29, 1.82) is 0 Å². The van der Waals surface area contributed by atoms with E-state index >= 15 is 0 Å². The molecule has 2 heteroatoms. The van der Waals surface area contributed by atoms with Crippen molar-refractivity contribution in [2.75, 3.05) is 0 Å². The molecule has 0 spiro atoms. The van der Waals surface area contributed by atoms with E-state index < -0.39 is 6.10 Å². The summed E-state index contributed by atoms with van der Waals surface area (Å²) in [6.07, 6.45) is -0.422. The Bertz CT molecular complexity index is 474. The van der Waals surface area contributed by atoms with Gasteiger partial charge in [-0.25, -0.2) is 0 Å². The highest BCUT2D eigenvalue weighted by molar-refractivity contribution is 5.29. The molecule has 0 heterocycles. The molecule has 2 aromatic rings. The van der Waals surface area contributed by atoms with Crippen molar-refractivity contribution in [3.63, 3.8) is 0 Å². The van der Waals surface area contributed by atoms with Gasteiger partial charge in [0, 0.05) is 0 Å². The summed E-state index contributed by atoms with van der Waals surface area (Å²) in [7, 11) is 0. The predicted octanol–water partition coefficient (Wildman–Crippen LogP) is 3.88. The molecule has 1 N–H and O–H groups in total. The first-order valence-electron chi connectivity index (χ1n) is 6.16. The molecule has 18 heavy (non-hydrogen) atoms. The van der Waals surface area contributed by atoms with Crippen LogP contribution in [0.15, 0.2) is 54.6 Å². The van der Waals surface area contributed by atoms with Gasteiger partial charge in [-0.3, -0.25) is 0 Å². The van der Waals surface area contributed by atoms with Crippen LogP contribution in [-0.2, 0) is 0 Å². The fraction of sp³-hybridized carbons (Fsp3) is 0.250. The monoisotopic (exact) mass is 242 g/mol. The lowest BCUT2D eigenvalue weighted by atomic mass is 10.1. The van der Waals surface area contributed by atoms with Crippen molar-refractivity contribution in [2.45, 2.75) is 26.1 Å². The Labute approximate surface area is 108 Å². The Hall–Kier alpha value is -1.80. The first kappa shape index (κ1) is 12.7. The minimum atomic E-state index is -0.439. The molecule has 2 aromatic carbocycles. The molecular formula is C16H18O2. The quantitative estimate of drug-likeness (QED) is 0.881. The summed E-state index contributed by atoms with van der Waals surface area (Å²) in [6, 6.07) is 17.7. The van der Waals surface area contributed by atoms with Gasteiger partial charge in [-0.05, 0) is 37.1 Å². The van der Waals surface area contributed by atoms with Crippen LogP contribution in [0.5, 0.6) is 5.75 Å². The van der Waals surface area contributed by atoms with Crippen LogP contribution < -0.4 is 4.74 Å². The fourth-order valence-electron chi connectivity index (χ4n) is 1.82. The van der Waals surface area contributed by atoms with Gasteiger partial charge in [0.05, 0.1) is 6.10 Å². The number of aliphatic hydroxyl groups excluding tert-OH is 1. The summed E-state index contributed by atoms with van der Waals surface area (Å²) in [6.45, 7) is 3.78. The van der Waals surface area contributed by atoms with E-state index in [9.17, 15) is 5.11 Å². The number of rotatable bonds is 4. The Morgan fingerprint density at radius 1 is 0.833 bits per heavy atom. The van der Waals surface area contributed by atoms with E-state index in [1.165, 1.54) is 0 Å². The van der Waals surface area contributed by atoms with E-state index in [0.29, 0.717) is 0 Å². The second-order valence-corrected chi connectivity index (χ2v) is 4.42. The van der Waals surface area contributed by atoms with Gasteiger partial charge in [-0.2, -0.15) is 0 Å². The average molecular weight is 242 g/mol. The summed E-state index contributed by atoms with van der Waals surface area (Å²) in [4.78, 5) is 0. The first-order valence-corrected chi connectivity index (χ1v) is 6.16. The van der Waals surface area contributed by atoms with E-state index in [0.717, 1.165) is 16.9 Å². The smallest absolute Gasteiger partial charge is 0.121 e. The summed E-state index contributed by atoms with van der Waals surface area (Å²) >= 11 is 0. The number of hydrogen-bond donors (Lipinski definition) is 1. The van der Waals surface area contributed by atoms with Crippen LogP contribution in [0.1, 0.15) is 37.2 Å². The zero-order chi connectivity index (χ0) is 13.0. The third-order valence-electron chi connectivity index (χ3n) is 2.94. The standard InChI is InChI=1S/C16H18O2/c1-12(17)14-8-10-16(11-9-14)18-13(2)15-6-4-3-5-7-15/h3-13,17H,1-2H3/t12-,13?/m1/s1. The van der Waals surface area contributed by atoms with Crippen LogP contribution in [0.3, 0.4) is 0 Å². The van der Waals surface area contributed by atoms with Crippen molar-refractivity contribution in [3.05, 3.63) is 65.7 Å². The highest BCUT2D eigenvalue weighted by atomic mass is 16.5. The maximum absolute atomic E-state index is 9.43. The van der Waals surface area contributed by atoms with Crippen LogP contribution in [-0.4, -0.2) is 5.11 Å². The molecule has 94 valence electrons. The Morgan fingerprint density at radius 2 is 1.44 bits per heavy atom. The molecule has 0 fully saturated rings. The summed E-state index contributed by atoms with van der Waals surface area (Å²) < 4.78 is 5.85. The van der Waals surface area contributed by atoms with Crippen LogP contribution in [0.4, 0.5) is 0 Å². The molecule has 0 saturated carbocycles. The van der Waals surface area contributed by atoms with E-state index in [1.807, 2.05) is 49.4 Å². The zero-order valence-corrected chi connectivity index (χ0v) is 10.7. The van der Waals surface area contributed by atoms with Gasteiger partial charge in [0.2, 0.25) is 0 Å². The Kier molecular flexibility index (Phi) is 4.00. The van der Waals surface area contributed by atoms with Gasteiger partial charge in [-0.1, -0.05) is 42.5 Å². The van der Waals surface area contributed by atoms with Crippen molar-refractivity contribution in [2.24, 2.45) is 0 Å². The topological polar surface area (TPSA) is 29.5 Å². The molecule has 2 nitrogen and oxygen atoms in total. The third kappa shape index (κ3) is 3.11. The molecule has 2 rings (SSSR count). The molecule has 0 aromatic heterocycles. The minimum absolute atomic E-state index is 0.0172. The molecule has 0 bridgehead atoms. The lowest BCUT2D eigenvalue weighted by Crippen LogP contribution is -2.02. The highest BCUT2D eigenvalue weighted by Crippen LogP contribution is 2.23. The molecule has 0 aliphatic carbocycles. The SMILES string of the molecule is CC(Oc1ccc([C@@H](C)O)cc1)c1ccccc1. The van der Waals surface area contributed by atoms with Gasteiger partial charge in [-0.15, -0.1) is 0 Å². The lowest BCUT2D eigenvalue weighted by Gasteiger charge is -2.15. The van der Waals surface area contributed by atoms with E-state index in [1.54, 1.807) is 6.92 Å². The van der Waals surface area contributed by atoms with Crippen molar-refractivity contribution in [3.8, 4) is 5.75 Å². The van der Waals surface area contributed by atoms with Crippen LogP contribution in [0.2, 0.25) is 0 Å². The van der Waals surface area contributed by atoms with Crippen LogP contribution in [0.25, 0.3) is 0 Å². The number of aliphatic hydroxyl groups is 1. The van der Waals surface area contributed by atoms with Gasteiger partial charge >= 0.3 is 0 Å². The molecule has 0 amide bonds. The van der Waals surface area contributed by atoms with Crippen molar-refractivity contribution < 1.29 is 9.84 Å². The summed E-state index contributed by atoms with van der Waals surface area (Å²) in [5, 5.41) is 9.43. The summed E-state index contributed by atoms with van der Waals surface area (Å²) in [5.74, 6) is 0.816. The van der Waals surface area contributed by atoms with Gasteiger partial charge in [0.25, 0.3) is 0 Å². The van der Waals surface area contributed by atoms with Crippen molar-refractivity contribution >= 4 is 0 Å². The maximum atomic E-state index is 9.43. The third-order valence-corrected chi connectivity index (χ3v) is 2.94. The van der Waals surface area contributed by atoms with E-state index in [-0.39, 0.29) is 6.10 Å². The second kappa shape index (κ2) is 5.69. The Balaban J connectivity index is 2.05. The zero-order valence-electron chi connectivity index (χ0n) is 10.7. The molecule has 1 unspecified atom stereocenters. The van der Waals surface area contributed by atoms with Crippen LogP contribution >= 0.6 is 0 Å². The predicted molar refractivity (Wildman–Crippen MR) is 72.6 cm³/mol. The highest BCUT2D eigenvalue weighted by Gasteiger charge is 2.07. The number of hydrogen-bond acceptors (Lipinski definition) is 2. The minimum Gasteiger partial charge on any atom is -0.486 e. The molecular weight excluding hydrogens is 224 g/mol. The first-order chi connectivity index (χ1) is 8.66. The lowest BCUT2D eigenvalue weighted by molar-refractivity contribution is 0.198. The van der Waals surface area contributed by atoms with Gasteiger partial charge in [0.15, 0.2) is 0 Å². The fourth-order valence-corrected chi connectivity index (χ4v) is 1.82. The number of benzene rings is 2. The van der Waals surface area contributed by atoms with Crippen LogP contribution in [0, 0.1) is 0 Å². The van der Waals surface area contributed by atoms with Crippen molar-refractivity contribution in [1.82, 2.24) is 0 Å². The largest absolute Gasteiger partial charge is 0.486 e. The second-order valence-electron chi connectivity index (χ2n) is 4.42. The van der Waals surface area contributed by atoms with Gasteiger partial charge < -0.3 is 9.84 Å². The van der Waals surface area contributed by atoms with E-state index in [4.69, 9.17) is 4.74 Å². The molecule has 2 atom stereocenters. The maximum Gasteiger partial charge on any atom is 0.121 e. The summed E-state index contributed by atoms with van der Waals surface area (Å²) in [5.41, 5.74) is 2.05. The van der Waals surface area contributed by atoms with E-state index in [2.05, 4.69) is 12.1 Å². The molecule has 0 radical (unpaired) electrons. The Morgan fingerprint density at radius 3 is 2.00 bits per heavy atom. The molecule has 0 aliphatic rings. The molecule has 0 aliphatic heterocycles. The average Bonchev–Trinajstić information content (AvgIpc) is 2.40. The van der Waals surface area contributed by atoms with Gasteiger partial charge in [0.1, 0.15) is 11.9 Å². The molecule has 0 saturated heterocycles. The normalized spacial score (nSPS) is 13.9. The number of ether oxygens (including phenoxy) is 1.